The fraction of sp³-hybridized carbons (Fsp3) is 0.417. The fourth-order valence-electron chi connectivity index (χ4n) is 1.52. The maximum Gasteiger partial charge on any atom is 0.282 e. The number of nitro benzene ring substituents is 1. The molecule has 1 rings (SSSR count). The van der Waals surface area contributed by atoms with Gasteiger partial charge in [0.05, 0.1) is 4.92 Å². The van der Waals surface area contributed by atoms with Crippen molar-refractivity contribution in [3.8, 4) is 0 Å². The highest BCUT2D eigenvalue weighted by Crippen LogP contribution is 2.21. The molecule has 1 aromatic rings. The minimum Gasteiger partial charge on any atom is -0.341 e. The maximum absolute atomic E-state index is 13.1. The first-order valence-electron chi connectivity index (χ1n) is 5.66. The maximum atomic E-state index is 13.1. The van der Waals surface area contributed by atoms with E-state index < -0.39 is 16.6 Å². The molecule has 1 aromatic carbocycles. The first-order chi connectivity index (χ1) is 8.82. The van der Waals surface area contributed by atoms with E-state index in [4.69, 9.17) is 0 Å². The monoisotopic (exact) mass is 332 g/mol. The van der Waals surface area contributed by atoms with E-state index >= 15 is 0 Å². The molecule has 0 radical (unpaired) electrons. The lowest BCUT2D eigenvalue weighted by Crippen LogP contribution is -2.29. The van der Waals surface area contributed by atoms with Gasteiger partial charge in [0.1, 0.15) is 11.4 Å². The van der Waals surface area contributed by atoms with Crippen molar-refractivity contribution in [2.45, 2.75) is 18.2 Å². The summed E-state index contributed by atoms with van der Waals surface area (Å²) in [6.45, 7) is 2.36. The van der Waals surface area contributed by atoms with Gasteiger partial charge in [-0.25, -0.2) is 4.39 Å². The van der Waals surface area contributed by atoms with Gasteiger partial charge in [0.2, 0.25) is 0 Å². The van der Waals surface area contributed by atoms with Crippen LogP contribution in [0.1, 0.15) is 23.7 Å². The van der Waals surface area contributed by atoms with Gasteiger partial charge in [0.25, 0.3) is 11.6 Å². The Morgan fingerprint density at radius 1 is 1.58 bits per heavy atom. The van der Waals surface area contributed by atoms with Crippen LogP contribution in [0.2, 0.25) is 0 Å². The molecule has 5 nitrogen and oxygen atoms in total. The molecule has 0 bridgehead atoms. The molecule has 7 heteroatoms. The Hall–Kier alpha value is -1.50. The predicted octanol–water partition coefficient (Wildman–Crippen LogP) is 2.98. The summed E-state index contributed by atoms with van der Waals surface area (Å²) in [6, 6.07) is 2.87. The number of hydrogen-bond acceptors (Lipinski definition) is 3. The van der Waals surface area contributed by atoms with Gasteiger partial charge in [-0.15, -0.1) is 0 Å². The van der Waals surface area contributed by atoms with Crippen LogP contribution in [-0.2, 0) is 0 Å². The summed E-state index contributed by atoms with van der Waals surface area (Å²) in [6.07, 6.45) is 0.700. The van der Waals surface area contributed by atoms with Crippen LogP contribution in [-0.4, -0.2) is 34.2 Å². The van der Waals surface area contributed by atoms with Gasteiger partial charge in [0.15, 0.2) is 0 Å². The molecule has 0 aliphatic carbocycles. The third-order valence-corrected chi connectivity index (χ3v) is 3.05. The summed E-state index contributed by atoms with van der Waals surface area (Å²) in [7, 11) is 1.53. The van der Waals surface area contributed by atoms with Crippen LogP contribution in [0.5, 0.6) is 0 Å². The number of nitrogens with zero attached hydrogens (tertiary/aromatic N) is 2. The summed E-state index contributed by atoms with van der Waals surface area (Å²) < 4.78 is 13.1. The van der Waals surface area contributed by atoms with Gasteiger partial charge >= 0.3 is 0 Å². The summed E-state index contributed by atoms with van der Waals surface area (Å²) in [5.41, 5.74) is -0.611. The Labute approximate surface area is 118 Å². The molecule has 0 aliphatic heterocycles. The van der Waals surface area contributed by atoms with E-state index in [1.807, 2.05) is 6.92 Å². The number of benzene rings is 1. The molecule has 1 atom stereocenters. The second-order valence-electron chi connectivity index (χ2n) is 4.21. The second-order valence-corrected chi connectivity index (χ2v) is 5.78. The molecule has 0 aromatic heterocycles. The molecule has 1 unspecified atom stereocenters. The van der Waals surface area contributed by atoms with Gasteiger partial charge in [0, 0.05) is 24.5 Å². The first-order valence-corrected chi connectivity index (χ1v) is 6.58. The molecule has 104 valence electrons. The summed E-state index contributed by atoms with van der Waals surface area (Å²) in [4.78, 5) is 23.8. The van der Waals surface area contributed by atoms with Crippen molar-refractivity contribution in [3.05, 3.63) is 39.7 Å². The van der Waals surface area contributed by atoms with E-state index in [2.05, 4.69) is 15.9 Å². The zero-order chi connectivity index (χ0) is 14.6. The van der Waals surface area contributed by atoms with Crippen molar-refractivity contribution in [2.75, 3.05) is 13.6 Å². The largest absolute Gasteiger partial charge is 0.341 e. The molecule has 19 heavy (non-hydrogen) atoms. The van der Waals surface area contributed by atoms with Crippen LogP contribution in [0.4, 0.5) is 10.1 Å². The second kappa shape index (κ2) is 6.60. The van der Waals surface area contributed by atoms with E-state index in [-0.39, 0.29) is 16.1 Å². The number of carbonyl (C=O) groups is 1. The van der Waals surface area contributed by atoms with Gasteiger partial charge < -0.3 is 4.90 Å². The van der Waals surface area contributed by atoms with Crippen molar-refractivity contribution in [3.63, 3.8) is 0 Å². The van der Waals surface area contributed by atoms with Crippen molar-refractivity contribution in [1.82, 2.24) is 4.90 Å². The van der Waals surface area contributed by atoms with Crippen molar-refractivity contribution >= 4 is 27.5 Å². The highest BCUT2D eigenvalue weighted by atomic mass is 79.9. The topological polar surface area (TPSA) is 63.5 Å². The van der Waals surface area contributed by atoms with E-state index in [0.717, 1.165) is 18.2 Å². The Morgan fingerprint density at radius 3 is 2.74 bits per heavy atom. The van der Waals surface area contributed by atoms with Gasteiger partial charge in [-0.3, -0.25) is 14.9 Å². The van der Waals surface area contributed by atoms with Crippen molar-refractivity contribution < 1.29 is 14.1 Å². The normalized spacial score (nSPS) is 12.0. The molecular weight excluding hydrogens is 319 g/mol. The molecule has 0 N–H and O–H groups in total. The van der Waals surface area contributed by atoms with Crippen LogP contribution in [0.25, 0.3) is 0 Å². The first kappa shape index (κ1) is 15.6. The van der Waals surface area contributed by atoms with Crippen LogP contribution < -0.4 is 0 Å². The quantitative estimate of drug-likeness (QED) is 0.473. The van der Waals surface area contributed by atoms with Crippen molar-refractivity contribution in [2.24, 2.45) is 0 Å². The number of nitro groups is 1. The lowest BCUT2D eigenvalue weighted by atomic mass is 10.1. The van der Waals surface area contributed by atoms with Crippen LogP contribution in [0.15, 0.2) is 18.2 Å². The average Bonchev–Trinajstić information content (AvgIpc) is 2.34. The highest BCUT2D eigenvalue weighted by Gasteiger charge is 2.23. The SMILES string of the molecule is CC(Br)CCN(C)C(=O)c1cc(F)ccc1[N+](=O)[O-]. The summed E-state index contributed by atoms with van der Waals surface area (Å²) in [5.74, 6) is -1.23. The molecule has 0 fully saturated rings. The molecule has 0 saturated heterocycles. The Balaban J connectivity index is 2.98. The molecule has 0 aliphatic rings. The van der Waals surface area contributed by atoms with Crippen LogP contribution in [0, 0.1) is 15.9 Å². The Morgan fingerprint density at radius 2 is 2.21 bits per heavy atom. The smallest absolute Gasteiger partial charge is 0.282 e. The van der Waals surface area contributed by atoms with Gasteiger partial charge in [-0.2, -0.15) is 0 Å². The van der Waals surface area contributed by atoms with Crippen LogP contribution in [0.3, 0.4) is 0 Å². The molecule has 0 heterocycles. The molecular formula is C12H14BrFN2O3. The van der Waals surface area contributed by atoms with Crippen molar-refractivity contribution in [1.29, 1.82) is 0 Å². The number of hydrogen-bond donors (Lipinski definition) is 0. The molecule has 1 amide bonds. The third-order valence-electron chi connectivity index (χ3n) is 2.59. The number of rotatable bonds is 5. The van der Waals surface area contributed by atoms with Gasteiger partial charge in [-0.05, 0) is 18.6 Å². The average molecular weight is 333 g/mol. The highest BCUT2D eigenvalue weighted by molar-refractivity contribution is 9.09. The zero-order valence-electron chi connectivity index (χ0n) is 10.6. The zero-order valence-corrected chi connectivity index (χ0v) is 12.2. The molecule has 0 spiro atoms. The summed E-state index contributed by atoms with van der Waals surface area (Å²) in [5, 5.41) is 10.8. The van der Waals surface area contributed by atoms with Crippen LogP contribution >= 0.6 is 15.9 Å². The number of alkyl halides is 1. The molecule has 0 saturated carbocycles. The Bertz CT molecular complexity index is 494. The van der Waals surface area contributed by atoms with Gasteiger partial charge in [-0.1, -0.05) is 22.9 Å². The predicted molar refractivity (Wildman–Crippen MR) is 73.0 cm³/mol. The standard InChI is InChI=1S/C12H14BrFN2O3/c1-8(13)5-6-15(2)12(17)10-7-9(14)3-4-11(10)16(18)19/h3-4,7-8H,5-6H2,1-2H3. The van der Waals surface area contributed by atoms with E-state index in [9.17, 15) is 19.3 Å². The van der Waals surface area contributed by atoms with E-state index in [0.29, 0.717) is 13.0 Å². The number of halogens is 2. The summed E-state index contributed by atoms with van der Waals surface area (Å²) >= 11 is 3.35. The fourth-order valence-corrected chi connectivity index (χ4v) is 1.72. The van der Waals surface area contributed by atoms with E-state index in [1.54, 1.807) is 0 Å². The minimum atomic E-state index is -0.687. The number of amides is 1. The minimum absolute atomic E-state index is 0.227. The third kappa shape index (κ3) is 4.27. The lowest BCUT2D eigenvalue weighted by molar-refractivity contribution is -0.385. The Kier molecular flexibility index (Phi) is 5.41. The van der Waals surface area contributed by atoms with E-state index in [1.165, 1.54) is 11.9 Å². The number of carbonyl (C=O) groups excluding carboxylic acids is 1. The lowest BCUT2D eigenvalue weighted by Gasteiger charge is -2.17.